The van der Waals surface area contributed by atoms with E-state index in [2.05, 4.69) is 10.1 Å². The zero-order valence-corrected chi connectivity index (χ0v) is 12.0. The van der Waals surface area contributed by atoms with Crippen molar-refractivity contribution in [2.24, 2.45) is 0 Å². The summed E-state index contributed by atoms with van der Waals surface area (Å²) in [5, 5.41) is 4.24. The fourth-order valence-electron chi connectivity index (χ4n) is 2.60. The summed E-state index contributed by atoms with van der Waals surface area (Å²) in [6.45, 7) is 0.303. The van der Waals surface area contributed by atoms with Gasteiger partial charge in [0.2, 0.25) is 5.65 Å². The fraction of sp³-hybridized carbons (Fsp3) is 0.0625. The summed E-state index contributed by atoms with van der Waals surface area (Å²) in [6, 6.07) is 13.5. The SMILES string of the molecule is Nc1nc2ccc(F)cc2n2c(=O)n(Cc3ccccc3)nc12. The number of rotatable bonds is 2. The zero-order chi connectivity index (χ0) is 16.0. The van der Waals surface area contributed by atoms with Gasteiger partial charge in [0.1, 0.15) is 5.82 Å². The maximum absolute atomic E-state index is 13.5. The Morgan fingerprint density at radius 2 is 1.91 bits per heavy atom. The number of nitrogens with zero attached hydrogens (tertiary/aromatic N) is 4. The molecule has 0 fully saturated rings. The topological polar surface area (TPSA) is 78.2 Å². The van der Waals surface area contributed by atoms with E-state index in [1.165, 1.54) is 27.3 Å². The van der Waals surface area contributed by atoms with Gasteiger partial charge in [0, 0.05) is 6.07 Å². The van der Waals surface area contributed by atoms with E-state index in [1.807, 2.05) is 30.3 Å². The molecule has 2 N–H and O–H groups in total. The molecule has 4 rings (SSSR count). The summed E-state index contributed by atoms with van der Waals surface area (Å²) >= 11 is 0. The van der Waals surface area contributed by atoms with Gasteiger partial charge in [-0.1, -0.05) is 30.3 Å². The van der Waals surface area contributed by atoms with Gasteiger partial charge in [-0.3, -0.25) is 0 Å². The van der Waals surface area contributed by atoms with Crippen LogP contribution in [0.4, 0.5) is 10.2 Å². The van der Waals surface area contributed by atoms with E-state index in [9.17, 15) is 9.18 Å². The van der Waals surface area contributed by atoms with Crippen molar-refractivity contribution in [2.45, 2.75) is 6.54 Å². The minimum absolute atomic E-state index is 0.132. The van der Waals surface area contributed by atoms with Crippen molar-refractivity contribution in [3.63, 3.8) is 0 Å². The van der Waals surface area contributed by atoms with Crippen LogP contribution in [0.5, 0.6) is 0 Å². The van der Waals surface area contributed by atoms with E-state index in [0.717, 1.165) is 5.56 Å². The highest BCUT2D eigenvalue weighted by atomic mass is 19.1. The first-order valence-corrected chi connectivity index (χ1v) is 7.02. The van der Waals surface area contributed by atoms with Gasteiger partial charge < -0.3 is 5.73 Å². The van der Waals surface area contributed by atoms with E-state index in [0.29, 0.717) is 17.6 Å². The molecule has 2 heterocycles. The van der Waals surface area contributed by atoms with Crippen molar-refractivity contribution < 1.29 is 4.39 Å². The van der Waals surface area contributed by atoms with E-state index < -0.39 is 5.82 Å². The van der Waals surface area contributed by atoms with Gasteiger partial charge >= 0.3 is 5.69 Å². The lowest BCUT2D eigenvalue weighted by Gasteiger charge is -2.02. The largest absolute Gasteiger partial charge is 0.381 e. The first-order valence-electron chi connectivity index (χ1n) is 7.02. The van der Waals surface area contributed by atoms with Crippen LogP contribution in [0, 0.1) is 5.82 Å². The number of halogens is 1. The quantitative estimate of drug-likeness (QED) is 0.612. The first kappa shape index (κ1) is 13.4. The van der Waals surface area contributed by atoms with Crippen molar-refractivity contribution in [1.29, 1.82) is 0 Å². The molecule has 0 atom stereocenters. The van der Waals surface area contributed by atoms with Crippen LogP contribution in [0.15, 0.2) is 53.3 Å². The molecule has 0 radical (unpaired) electrons. The van der Waals surface area contributed by atoms with Crippen LogP contribution in [0.3, 0.4) is 0 Å². The van der Waals surface area contributed by atoms with Crippen LogP contribution >= 0.6 is 0 Å². The zero-order valence-electron chi connectivity index (χ0n) is 12.0. The number of anilines is 1. The number of hydrogen-bond acceptors (Lipinski definition) is 4. The molecule has 2 aromatic heterocycles. The van der Waals surface area contributed by atoms with Gasteiger partial charge in [-0.05, 0) is 17.7 Å². The van der Waals surface area contributed by atoms with Crippen LogP contribution < -0.4 is 11.4 Å². The van der Waals surface area contributed by atoms with E-state index in [4.69, 9.17) is 5.73 Å². The highest BCUT2D eigenvalue weighted by Crippen LogP contribution is 2.18. The Morgan fingerprint density at radius 1 is 1.13 bits per heavy atom. The maximum atomic E-state index is 13.5. The van der Waals surface area contributed by atoms with Crippen molar-refractivity contribution in [3.05, 3.63) is 70.4 Å². The molecule has 4 aromatic rings. The molecule has 23 heavy (non-hydrogen) atoms. The molecule has 2 aromatic carbocycles. The third-order valence-electron chi connectivity index (χ3n) is 3.66. The van der Waals surface area contributed by atoms with Crippen molar-refractivity contribution in [3.8, 4) is 0 Å². The lowest BCUT2D eigenvalue weighted by atomic mass is 10.2. The third-order valence-corrected chi connectivity index (χ3v) is 3.66. The number of fused-ring (bicyclic) bond motifs is 3. The molecule has 0 aliphatic rings. The number of nitrogen functional groups attached to an aromatic ring is 1. The van der Waals surface area contributed by atoms with E-state index in [1.54, 1.807) is 0 Å². The van der Waals surface area contributed by atoms with Gasteiger partial charge in [0.15, 0.2) is 5.82 Å². The van der Waals surface area contributed by atoms with Crippen LogP contribution in [-0.2, 0) is 6.54 Å². The number of hydrogen-bond donors (Lipinski definition) is 1. The molecule has 0 spiro atoms. The summed E-state index contributed by atoms with van der Waals surface area (Å²) in [7, 11) is 0. The van der Waals surface area contributed by atoms with Crippen molar-refractivity contribution in [2.75, 3.05) is 5.73 Å². The van der Waals surface area contributed by atoms with Crippen LogP contribution in [0.25, 0.3) is 16.7 Å². The molecule has 114 valence electrons. The Hall–Kier alpha value is -3.22. The molecule has 6 nitrogen and oxygen atoms in total. The second kappa shape index (κ2) is 4.91. The predicted molar refractivity (Wildman–Crippen MR) is 84.7 cm³/mol. The highest BCUT2D eigenvalue weighted by Gasteiger charge is 2.15. The molecule has 0 saturated carbocycles. The minimum atomic E-state index is -0.451. The normalized spacial score (nSPS) is 11.3. The highest BCUT2D eigenvalue weighted by molar-refractivity contribution is 5.81. The molecule has 7 heteroatoms. The number of aromatic nitrogens is 4. The average Bonchev–Trinajstić information content (AvgIpc) is 2.87. The Labute approximate surface area is 129 Å². The van der Waals surface area contributed by atoms with Crippen LogP contribution in [0.1, 0.15) is 5.56 Å². The molecule has 0 aliphatic carbocycles. The van der Waals surface area contributed by atoms with Crippen molar-refractivity contribution in [1.82, 2.24) is 19.2 Å². The lowest BCUT2D eigenvalue weighted by Crippen LogP contribution is -2.22. The molecule has 0 unspecified atom stereocenters. The predicted octanol–water partition coefficient (Wildman–Crippen LogP) is 1.81. The number of nitrogens with two attached hydrogens (primary N) is 1. The monoisotopic (exact) mass is 309 g/mol. The molecule has 0 bridgehead atoms. The molecular weight excluding hydrogens is 297 g/mol. The minimum Gasteiger partial charge on any atom is -0.381 e. The summed E-state index contributed by atoms with van der Waals surface area (Å²) in [5.74, 6) is -0.318. The Bertz CT molecular complexity index is 1080. The van der Waals surface area contributed by atoms with Crippen LogP contribution in [0.2, 0.25) is 0 Å². The second-order valence-electron chi connectivity index (χ2n) is 5.21. The second-order valence-corrected chi connectivity index (χ2v) is 5.21. The van der Waals surface area contributed by atoms with Gasteiger partial charge in [0.25, 0.3) is 0 Å². The maximum Gasteiger partial charge on any atom is 0.351 e. The van der Waals surface area contributed by atoms with Crippen molar-refractivity contribution >= 4 is 22.5 Å². The van der Waals surface area contributed by atoms with Crippen LogP contribution in [-0.4, -0.2) is 19.2 Å². The van der Waals surface area contributed by atoms with Gasteiger partial charge in [0.05, 0.1) is 17.6 Å². The Kier molecular flexibility index (Phi) is 2.87. The Morgan fingerprint density at radius 3 is 2.70 bits per heavy atom. The summed E-state index contributed by atoms with van der Waals surface area (Å²) in [5.41, 5.74) is 7.46. The van der Waals surface area contributed by atoms with Gasteiger partial charge in [-0.2, -0.15) is 0 Å². The lowest BCUT2D eigenvalue weighted by molar-refractivity contribution is 0.628. The standard InChI is InChI=1S/C16H12FN5O/c17-11-6-7-12-13(8-11)22-15(14(18)19-12)20-21(16(22)23)9-10-4-2-1-3-5-10/h1-8H,9H2,(H2,18,19). The molecule has 0 amide bonds. The Balaban J connectivity index is 2.00. The fourth-order valence-corrected chi connectivity index (χ4v) is 2.60. The molecular formula is C16H12FN5O. The third kappa shape index (κ3) is 2.13. The van der Waals surface area contributed by atoms with Gasteiger partial charge in [-0.25, -0.2) is 23.3 Å². The first-order chi connectivity index (χ1) is 11.1. The molecule has 0 saturated heterocycles. The van der Waals surface area contributed by atoms with Gasteiger partial charge in [-0.15, -0.1) is 5.10 Å². The van der Waals surface area contributed by atoms with E-state index >= 15 is 0 Å². The smallest absolute Gasteiger partial charge is 0.351 e. The summed E-state index contributed by atoms with van der Waals surface area (Å²) in [4.78, 5) is 16.8. The number of benzene rings is 2. The molecule has 0 aliphatic heterocycles. The average molecular weight is 309 g/mol. The summed E-state index contributed by atoms with van der Waals surface area (Å²) in [6.07, 6.45) is 0. The summed E-state index contributed by atoms with van der Waals surface area (Å²) < 4.78 is 16.1. The van der Waals surface area contributed by atoms with E-state index in [-0.39, 0.29) is 17.2 Å².